The Labute approximate surface area is 94.0 Å². The molecule has 0 atom stereocenters. The first-order valence-corrected chi connectivity index (χ1v) is 5.32. The van der Waals surface area contributed by atoms with Crippen LogP contribution in [0.3, 0.4) is 0 Å². The van der Waals surface area contributed by atoms with Gasteiger partial charge in [-0.2, -0.15) is 0 Å². The second-order valence-corrected chi connectivity index (χ2v) is 3.96. The minimum Gasteiger partial charge on any atom is -0.411 e. The lowest BCUT2D eigenvalue weighted by Crippen LogP contribution is -2.09. The van der Waals surface area contributed by atoms with Crippen LogP contribution in [-0.4, -0.2) is 16.8 Å². The van der Waals surface area contributed by atoms with Crippen LogP contribution >= 0.6 is 0 Å². The van der Waals surface area contributed by atoms with Crippen molar-refractivity contribution < 1.29 is 10.0 Å². The van der Waals surface area contributed by atoms with Gasteiger partial charge in [-0.3, -0.25) is 4.79 Å². The monoisotopic (exact) mass is 218 g/mol. The molecule has 2 rings (SSSR count). The van der Waals surface area contributed by atoms with E-state index < -0.39 is 0 Å². The van der Waals surface area contributed by atoms with Gasteiger partial charge in [0.15, 0.2) is 0 Å². The van der Waals surface area contributed by atoms with Gasteiger partial charge in [-0.05, 0) is 43.0 Å². The van der Waals surface area contributed by atoms with Crippen LogP contribution in [0.2, 0.25) is 0 Å². The predicted molar refractivity (Wildman–Crippen MR) is 62.0 cm³/mol. The number of amides is 1. The van der Waals surface area contributed by atoms with Gasteiger partial charge in [0.05, 0.1) is 5.71 Å². The van der Waals surface area contributed by atoms with Crippen LogP contribution in [0.15, 0.2) is 23.4 Å². The van der Waals surface area contributed by atoms with Gasteiger partial charge < -0.3 is 10.5 Å². The summed E-state index contributed by atoms with van der Waals surface area (Å²) in [7, 11) is 0. The number of aryl methyl sites for hydroxylation is 1. The highest BCUT2D eigenvalue weighted by atomic mass is 16.4. The summed E-state index contributed by atoms with van der Waals surface area (Å²) in [5, 5.41) is 14.7. The summed E-state index contributed by atoms with van der Waals surface area (Å²) in [4.78, 5) is 11.3. The summed E-state index contributed by atoms with van der Waals surface area (Å²) >= 11 is 0. The number of carbonyl (C=O) groups is 1. The summed E-state index contributed by atoms with van der Waals surface area (Å²) < 4.78 is 0. The van der Waals surface area contributed by atoms with E-state index in [1.54, 1.807) is 6.92 Å². The lowest BCUT2D eigenvalue weighted by atomic mass is 10.0. The summed E-state index contributed by atoms with van der Waals surface area (Å²) in [6.07, 6.45) is 2.30. The van der Waals surface area contributed by atoms with E-state index in [0.717, 1.165) is 29.7 Å². The molecule has 0 saturated carbocycles. The van der Waals surface area contributed by atoms with Crippen LogP contribution in [0.5, 0.6) is 0 Å². The van der Waals surface area contributed by atoms with Gasteiger partial charge in [0, 0.05) is 12.1 Å². The molecule has 1 aromatic carbocycles. The molecule has 1 aliphatic rings. The molecule has 0 radical (unpaired) electrons. The van der Waals surface area contributed by atoms with E-state index in [4.69, 9.17) is 5.21 Å². The smallest absolute Gasteiger partial charge is 0.224 e. The molecule has 84 valence electrons. The highest BCUT2D eigenvalue weighted by molar-refractivity contribution is 5.99. The number of benzene rings is 1. The molecule has 4 nitrogen and oxygen atoms in total. The van der Waals surface area contributed by atoms with Crippen LogP contribution in [0.4, 0.5) is 5.69 Å². The van der Waals surface area contributed by atoms with Gasteiger partial charge in [0.1, 0.15) is 0 Å². The zero-order valence-corrected chi connectivity index (χ0v) is 9.16. The Morgan fingerprint density at radius 1 is 1.44 bits per heavy atom. The summed E-state index contributed by atoms with van der Waals surface area (Å²) in [6, 6.07) is 5.68. The quantitative estimate of drug-likeness (QED) is 0.431. The van der Waals surface area contributed by atoms with Crippen molar-refractivity contribution in [3.8, 4) is 0 Å². The molecule has 0 aromatic heterocycles. The summed E-state index contributed by atoms with van der Waals surface area (Å²) in [6.45, 7) is 1.75. The molecule has 4 heteroatoms. The fraction of sp³-hybridized carbons (Fsp3) is 0.333. The SMILES string of the molecule is CC(=NO)c1ccc2c(c1)CCCC(=O)N2. The van der Waals surface area contributed by atoms with Crippen molar-refractivity contribution in [3.63, 3.8) is 0 Å². The van der Waals surface area contributed by atoms with Gasteiger partial charge in [0.2, 0.25) is 5.91 Å². The number of carbonyl (C=O) groups excluding carboxylic acids is 1. The molecule has 16 heavy (non-hydrogen) atoms. The van der Waals surface area contributed by atoms with Crippen LogP contribution in [0.1, 0.15) is 30.9 Å². The number of rotatable bonds is 1. The van der Waals surface area contributed by atoms with Crippen molar-refractivity contribution in [2.75, 3.05) is 5.32 Å². The first kappa shape index (κ1) is 10.7. The number of oxime groups is 1. The number of hydrogen-bond donors (Lipinski definition) is 2. The Balaban J connectivity index is 2.39. The lowest BCUT2D eigenvalue weighted by Gasteiger charge is -2.08. The molecule has 0 unspecified atom stereocenters. The molecular weight excluding hydrogens is 204 g/mol. The summed E-state index contributed by atoms with van der Waals surface area (Å²) in [5.41, 5.74) is 3.44. The van der Waals surface area contributed by atoms with Crippen molar-refractivity contribution in [1.82, 2.24) is 0 Å². The van der Waals surface area contributed by atoms with Crippen molar-refractivity contribution in [2.24, 2.45) is 5.16 Å². The highest BCUT2D eigenvalue weighted by Crippen LogP contribution is 2.23. The Hall–Kier alpha value is -1.84. The second-order valence-electron chi connectivity index (χ2n) is 3.96. The topological polar surface area (TPSA) is 61.7 Å². The normalized spacial score (nSPS) is 16.3. The molecule has 0 spiro atoms. The van der Waals surface area contributed by atoms with E-state index in [1.807, 2.05) is 18.2 Å². The molecule has 0 aliphatic carbocycles. The van der Waals surface area contributed by atoms with Crippen LogP contribution in [-0.2, 0) is 11.2 Å². The van der Waals surface area contributed by atoms with E-state index in [2.05, 4.69) is 10.5 Å². The highest BCUT2D eigenvalue weighted by Gasteiger charge is 2.13. The molecule has 1 amide bonds. The number of anilines is 1. The zero-order valence-electron chi connectivity index (χ0n) is 9.16. The molecule has 1 aromatic rings. The van der Waals surface area contributed by atoms with Crippen LogP contribution in [0, 0.1) is 0 Å². The van der Waals surface area contributed by atoms with Crippen LogP contribution in [0.25, 0.3) is 0 Å². The third-order valence-corrected chi connectivity index (χ3v) is 2.80. The van der Waals surface area contributed by atoms with Gasteiger partial charge in [-0.1, -0.05) is 11.2 Å². The first-order valence-electron chi connectivity index (χ1n) is 5.32. The average molecular weight is 218 g/mol. The minimum atomic E-state index is 0.0686. The van der Waals surface area contributed by atoms with Crippen molar-refractivity contribution in [2.45, 2.75) is 26.2 Å². The van der Waals surface area contributed by atoms with E-state index in [-0.39, 0.29) is 5.91 Å². The maximum Gasteiger partial charge on any atom is 0.224 e. The van der Waals surface area contributed by atoms with Gasteiger partial charge >= 0.3 is 0 Å². The maximum atomic E-state index is 11.3. The fourth-order valence-corrected chi connectivity index (χ4v) is 1.86. The van der Waals surface area contributed by atoms with Gasteiger partial charge in [-0.25, -0.2) is 0 Å². The minimum absolute atomic E-state index is 0.0686. The average Bonchev–Trinajstić information content (AvgIpc) is 2.47. The zero-order chi connectivity index (χ0) is 11.5. The third-order valence-electron chi connectivity index (χ3n) is 2.80. The van der Waals surface area contributed by atoms with Crippen molar-refractivity contribution >= 4 is 17.3 Å². The van der Waals surface area contributed by atoms with Crippen LogP contribution < -0.4 is 5.32 Å². The molecule has 1 heterocycles. The Bertz CT molecular complexity index is 452. The predicted octanol–water partition coefficient (Wildman–Crippen LogP) is 2.16. The number of nitrogens with one attached hydrogen (secondary N) is 1. The van der Waals surface area contributed by atoms with E-state index in [1.165, 1.54) is 0 Å². The molecular formula is C12H14N2O2. The maximum absolute atomic E-state index is 11.3. The molecule has 0 fully saturated rings. The van der Waals surface area contributed by atoms with E-state index >= 15 is 0 Å². The van der Waals surface area contributed by atoms with E-state index in [9.17, 15) is 4.79 Å². The van der Waals surface area contributed by atoms with Gasteiger partial charge in [-0.15, -0.1) is 0 Å². The fourth-order valence-electron chi connectivity index (χ4n) is 1.86. The number of hydrogen-bond acceptors (Lipinski definition) is 3. The van der Waals surface area contributed by atoms with Crippen molar-refractivity contribution in [3.05, 3.63) is 29.3 Å². The molecule has 0 bridgehead atoms. The third kappa shape index (κ3) is 2.05. The van der Waals surface area contributed by atoms with E-state index in [0.29, 0.717) is 12.1 Å². The number of nitrogens with zero attached hydrogens (tertiary/aromatic N) is 1. The molecule has 1 aliphatic heterocycles. The summed E-state index contributed by atoms with van der Waals surface area (Å²) in [5.74, 6) is 0.0686. The molecule has 2 N–H and O–H groups in total. The lowest BCUT2D eigenvalue weighted by molar-refractivity contribution is -0.116. The largest absolute Gasteiger partial charge is 0.411 e. The second kappa shape index (κ2) is 4.35. The Morgan fingerprint density at radius 3 is 3.00 bits per heavy atom. The Kier molecular flexibility index (Phi) is 2.90. The standard InChI is InChI=1S/C12H14N2O2/c1-8(14-16)9-5-6-11-10(7-9)3-2-4-12(15)13-11/h5-7,16H,2-4H2,1H3,(H,13,15). The number of fused-ring (bicyclic) bond motifs is 1. The van der Waals surface area contributed by atoms with Gasteiger partial charge in [0.25, 0.3) is 0 Å². The molecule has 0 saturated heterocycles. The van der Waals surface area contributed by atoms with Crippen molar-refractivity contribution in [1.29, 1.82) is 0 Å². The first-order chi connectivity index (χ1) is 7.70. The Morgan fingerprint density at radius 2 is 2.25 bits per heavy atom.